The maximum absolute atomic E-state index is 11.3. The Labute approximate surface area is 170 Å². The largest absolute Gasteiger partial charge is 0.507 e. The van der Waals surface area contributed by atoms with Crippen molar-refractivity contribution in [1.82, 2.24) is 0 Å². The van der Waals surface area contributed by atoms with Gasteiger partial charge in [-0.05, 0) is 62.6 Å². The monoisotopic (exact) mass is 380 g/mol. The van der Waals surface area contributed by atoms with Crippen LogP contribution in [0, 0.1) is 13.8 Å². The molecule has 2 aromatic carbocycles. The first-order chi connectivity index (χ1) is 13.0. The first-order valence-electron chi connectivity index (χ1n) is 10.2. The molecule has 1 unspecified atom stereocenters. The van der Waals surface area contributed by atoms with Gasteiger partial charge in [-0.1, -0.05) is 69.2 Å². The van der Waals surface area contributed by atoms with E-state index in [1.54, 1.807) is 0 Å². The van der Waals surface area contributed by atoms with Gasteiger partial charge in [0.15, 0.2) is 0 Å². The van der Waals surface area contributed by atoms with Crippen LogP contribution >= 0.6 is 0 Å². The van der Waals surface area contributed by atoms with Gasteiger partial charge in [-0.3, -0.25) is 0 Å². The van der Waals surface area contributed by atoms with Crippen LogP contribution in [0.3, 0.4) is 0 Å². The minimum absolute atomic E-state index is 0.0962. The van der Waals surface area contributed by atoms with Gasteiger partial charge in [-0.25, -0.2) is 0 Å². The molecule has 0 aliphatic carbocycles. The molecule has 0 radical (unpaired) electrons. The van der Waals surface area contributed by atoms with Crippen molar-refractivity contribution in [2.45, 2.75) is 79.6 Å². The van der Waals surface area contributed by atoms with Crippen LogP contribution in [0.5, 0.6) is 11.5 Å². The van der Waals surface area contributed by atoms with E-state index in [1.165, 1.54) is 11.1 Å². The average molecular weight is 381 g/mol. The fourth-order valence-corrected chi connectivity index (χ4v) is 3.79. The Morgan fingerprint density at radius 3 is 2.11 bits per heavy atom. The highest BCUT2D eigenvalue weighted by molar-refractivity contribution is 5.55. The predicted molar refractivity (Wildman–Crippen MR) is 120 cm³/mol. The molecule has 0 bridgehead atoms. The van der Waals surface area contributed by atoms with Crippen LogP contribution in [0.1, 0.15) is 87.3 Å². The Balaban J connectivity index is 2.80. The molecule has 0 saturated carbocycles. The molecule has 0 aliphatic rings. The SMILES string of the molecule is CCc1cc(C(CC=C(C)C)c2cc(C)cc(C)c2O)c(O)c(C(C)(C)C)c1. The van der Waals surface area contributed by atoms with Gasteiger partial charge >= 0.3 is 0 Å². The van der Waals surface area contributed by atoms with E-state index in [9.17, 15) is 10.2 Å². The second kappa shape index (κ2) is 8.43. The standard InChI is InChI=1S/C26H36O2/c1-9-19-14-22(25(28)23(15-19)26(6,7)8)20(11-10-16(2)3)21-13-17(4)12-18(5)24(21)27/h10,12-15,20,27-28H,9,11H2,1-8H3. The van der Waals surface area contributed by atoms with Crippen molar-refractivity contribution in [2.24, 2.45) is 0 Å². The lowest BCUT2D eigenvalue weighted by molar-refractivity contribution is 0.433. The zero-order valence-corrected chi connectivity index (χ0v) is 18.8. The number of hydrogen-bond donors (Lipinski definition) is 2. The van der Waals surface area contributed by atoms with Crippen LogP contribution < -0.4 is 0 Å². The summed E-state index contributed by atoms with van der Waals surface area (Å²) in [6.45, 7) is 16.7. The van der Waals surface area contributed by atoms with Gasteiger partial charge in [-0.15, -0.1) is 0 Å². The van der Waals surface area contributed by atoms with Gasteiger partial charge in [0.1, 0.15) is 11.5 Å². The number of aryl methyl sites for hydroxylation is 3. The topological polar surface area (TPSA) is 40.5 Å². The highest BCUT2D eigenvalue weighted by Crippen LogP contribution is 2.44. The van der Waals surface area contributed by atoms with Crippen LogP contribution in [0.15, 0.2) is 35.9 Å². The lowest BCUT2D eigenvalue weighted by Crippen LogP contribution is -2.14. The summed E-state index contributed by atoms with van der Waals surface area (Å²) in [6.07, 6.45) is 3.84. The summed E-state index contributed by atoms with van der Waals surface area (Å²) in [6, 6.07) is 8.30. The molecule has 2 nitrogen and oxygen atoms in total. The Morgan fingerprint density at radius 2 is 1.57 bits per heavy atom. The fraction of sp³-hybridized carbons (Fsp3) is 0.462. The molecule has 0 aromatic heterocycles. The third-order valence-corrected chi connectivity index (χ3v) is 5.40. The van der Waals surface area contributed by atoms with E-state index in [4.69, 9.17) is 0 Å². The first kappa shape index (κ1) is 22.1. The van der Waals surface area contributed by atoms with E-state index in [-0.39, 0.29) is 11.3 Å². The molecular weight excluding hydrogens is 344 g/mol. The van der Waals surface area contributed by atoms with Crippen molar-refractivity contribution in [3.8, 4) is 11.5 Å². The minimum atomic E-state index is -0.157. The third-order valence-electron chi connectivity index (χ3n) is 5.40. The fourth-order valence-electron chi connectivity index (χ4n) is 3.79. The normalized spacial score (nSPS) is 12.7. The maximum Gasteiger partial charge on any atom is 0.123 e. The molecule has 0 heterocycles. The van der Waals surface area contributed by atoms with E-state index < -0.39 is 0 Å². The van der Waals surface area contributed by atoms with E-state index in [0.717, 1.165) is 40.7 Å². The Hall–Kier alpha value is -2.22. The van der Waals surface area contributed by atoms with Gasteiger partial charge in [0.2, 0.25) is 0 Å². The molecule has 2 heteroatoms. The van der Waals surface area contributed by atoms with Crippen molar-refractivity contribution >= 4 is 0 Å². The van der Waals surface area contributed by atoms with Crippen LogP contribution in [0.4, 0.5) is 0 Å². The number of benzene rings is 2. The number of rotatable bonds is 5. The zero-order valence-electron chi connectivity index (χ0n) is 18.8. The predicted octanol–water partition coefficient (Wildman–Crippen LogP) is 7.06. The lowest BCUT2D eigenvalue weighted by Gasteiger charge is -2.27. The number of allylic oxidation sites excluding steroid dienone is 2. The molecule has 1 atom stereocenters. The van der Waals surface area contributed by atoms with Gasteiger partial charge in [0.25, 0.3) is 0 Å². The van der Waals surface area contributed by atoms with Crippen molar-refractivity contribution in [3.63, 3.8) is 0 Å². The number of hydrogen-bond acceptors (Lipinski definition) is 2. The highest BCUT2D eigenvalue weighted by Gasteiger charge is 2.27. The van der Waals surface area contributed by atoms with Crippen LogP contribution in [-0.4, -0.2) is 10.2 Å². The molecule has 2 rings (SSSR count). The molecule has 0 spiro atoms. The summed E-state index contributed by atoms with van der Waals surface area (Å²) in [4.78, 5) is 0. The molecule has 152 valence electrons. The molecule has 0 saturated heterocycles. The van der Waals surface area contributed by atoms with Crippen molar-refractivity contribution < 1.29 is 10.2 Å². The zero-order chi connectivity index (χ0) is 21.2. The summed E-state index contributed by atoms with van der Waals surface area (Å²) in [5.41, 5.74) is 7.04. The minimum Gasteiger partial charge on any atom is -0.507 e. The number of phenolic OH excluding ortho intramolecular Hbond substituents is 2. The van der Waals surface area contributed by atoms with Crippen LogP contribution in [0.2, 0.25) is 0 Å². The molecule has 2 aromatic rings. The van der Waals surface area contributed by atoms with Crippen molar-refractivity contribution in [3.05, 3.63) is 69.3 Å². The smallest absolute Gasteiger partial charge is 0.123 e. The third kappa shape index (κ3) is 4.79. The van der Waals surface area contributed by atoms with Gasteiger partial charge in [0.05, 0.1) is 0 Å². The van der Waals surface area contributed by atoms with E-state index in [1.807, 2.05) is 13.0 Å². The lowest BCUT2D eigenvalue weighted by atomic mass is 9.78. The van der Waals surface area contributed by atoms with E-state index in [0.29, 0.717) is 11.5 Å². The number of aromatic hydroxyl groups is 2. The van der Waals surface area contributed by atoms with Crippen LogP contribution in [0.25, 0.3) is 0 Å². The summed E-state index contributed by atoms with van der Waals surface area (Å²) >= 11 is 0. The summed E-state index contributed by atoms with van der Waals surface area (Å²) in [5, 5.41) is 22.1. The summed E-state index contributed by atoms with van der Waals surface area (Å²) in [7, 11) is 0. The van der Waals surface area contributed by atoms with Gasteiger partial charge < -0.3 is 10.2 Å². The average Bonchev–Trinajstić information content (AvgIpc) is 2.58. The van der Waals surface area contributed by atoms with E-state index in [2.05, 4.69) is 72.7 Å². The molecule has 2 N–H and O–H groups in total. The molecule has 0 amide bonds. The Kier molecular flexibility index (Phi) is 6.64. The van der Waals surface area contributed by atoms with Gasteiger partial charge in [0, 0.05) is 17.0 Å². The first-order valence-corrected chi connectivity index (χ1v) is 10.2. The Bertz CT molecular complexity index is 878. The summed E-state index contributed by atoms with van der Waals surface area (Å²) in [5.74, 6) is 0.591. The van der Waals surface area contributed by atoms with E-state index >= 15 is 0 Å². The molecular formula is C26H36O2. The second-order valence-electron chi connectivity index (χ2n) is 9.27. The molecule has 0 fully saturated rings. The number of phenols is 2. The summed E-state index contributed by atoms with van der Waals surface area (Å²) < 4.78 is 0. The highest BCUT2D eigenvalue weighted by atomic mass is 16.3. The second-order valence-corrected chi connectivity index (χ2v) is 9.27. The Morgan fingerprint density at radius 1 is 0.964 bits per heavy atom. The molecule has 28 heavy (non-hydrogen) atoms. The van der Waals surface area contributed by atoms with Gasteiger partial charge in [-0.2, -0.15) is 0 Å². The quantitative estimate of drug-likeness (QED) is 0.545. The maximum atomic E-state index is 11.3. The van der Waals surface area contributed by atoms with Crippen molar-refractivity contribution in [2.75, 3.05) is 0 Å². The van der Waals surface area contributed by atoms with Crippen LogP contribution in [-0.2, 0) is 11.8 Å². The molecule has 0 aliphatic heterocycles. The van der Waals surface area contributed by atoms with Crippen molar-refractivity contribution in [1.29, 1.82) is 0 Å².